The molecule has 2 aromatic heterocycles. The molecule has 1 saturated heterocycles. The Kier molecular flexibility index (Phi) is 7.11. The average Bonchev–Trinajstić information content (AvgIpc) is 3.39. The summed E-state index contributed by atoms with van der Waals surface area (Å²) in [6.07, 6.45) is 1.85. The molecule has 5 rings (SSSR count). The van der Waals surface area contributed by atoms with Crippen molar-refractivity contribution in [3.63, 3.8) is 0 Å². The number of aromatic nitrogens is 2. The predicted octanol–water partition coefficient (Wildman–Crippen LogP) is 5.34. The summed E-state index contributed by atoms with van der Waals surface area (Å²) < 4.78 is 16.1. The number of thiocarbonyl (C=S) groups is 1. The van der Waals surface area contributed by atoms with E-state index in [4.69, 9.17) is 12.2 Å². The fraction of sp³-hybridized carbons (Fsp3) is 0.207. The molecule has 1 fully saturated rings. The number of benzene rings is 2. The van der Waals surface area contributed by atoms with Crippen molar-refractivity contribution in [1.29, 1.82) is 0 Å². The zero-order valence-corrected chi connectivity index (χ0v) is 21.9. The molecule has 3 heterocycles. The molecule has 4 aromatic rings. The fourth-order valence-corrected chi connectivity index (χ4v) is 5.42. The van der Waals surface area contributed by atoms with Crippen molar-refractivity contribution in [3.05, 3.63) is 107 Å². The fourth-order valence-electron chi connectivity index (χ4n) is 5.09. The van der Waals surface area contributed by atoms with Gasteiger partial charge in [0.2, 0.25) is 5.91 Å². The van der Waals surface area contributed by atoms with E-state index in [0.717, 1.165) is 22.6 Å². The molecular weight excluding hydrogens is 501 g/mol. The largest absolute Gasteiger partial charge is 0.506 e. The van der Waals surface area contributed by atoms with Gasteiger partial charge in [0.05, 0.1) is 29.2 Å². The van der Waals surface area contributed by atoms with Crippen LogP contribution >= 0.6 is 12.2 Å². The lowest BCUT2D eigenvalue weighted by Gasteiger charge is -2.28. The number of amides is 1. The van der Waals surface area contributed by atoms with Gasteiger partial charge in [-0.2, -0.15) is 0 Å². The lowest BCUT2D eigenvalue weighted by molar-refractivity contribution is -0.116. The standard InChI is InChI=1S/C29H28FN5O2S/c1-18-17-20(19(2)35(18)24-12-5-6-13-25(24)36)28-27(23-11-7-8-15-31-23)33-29(38)34(28)16-14-26(37)32-22-10-4-3-9-21(22)30/h3-13,15,17,27-28,36H,14,16H2,1-2H3,(H,32,37)(H,33,38)/t27-,28-/m0/s1. The average molecular weight is 530 g/mol. The van der Waals surface area contributed by atoms with Crippen molar-refractivity contribution in [3.8, 4) is 11.4 Å². The number of nitrogens with zero attached hydrogens (tertiary/aromatic N) is 3. The molecule has 2 atom stereocenters. The number of phenols is 1. The Labute approximate surface area is 225 Å². The maximum atomic E-state index is 14.0. The second-order valence-corrected chi connectivity index (χ2v) is 9.64. The summed E-state index contributed by atoms with van der Waals surface area (Å²) in [5.41, 5.74) is 4.56. The van der Waals surface area contributed by atoms with Crippen molar-refractivity contribution in [2.24, 2.45) is 0 Å². The van der Waals surface area contributed by atoms with E-state index in [9.17, 15) is 14.3 Å². The van der Waals surface area contributed by atoms with Gasteiger partial charge in [0.1, 0.15) is 11.6 Å². The first kappa shape index (κ1) is 25.4. The number of aryl methyl sites for hydroxylation is 1. The number of halogens is 1. The number of hydrogen-bond acceptors (Lipinski definition) is 4. The van der Waals surface area contributed by atoms with Crippen LogP contribution in [0.3, 0.4) is 0 Å². The van der Waals surface area contributed by atoms with Crippen LogP contribution in [0.15, 0.2) is 79.0 Å². The minimum absolute atomic E-state index is 0.111. The van der Waals surface area contributed by atoms with E-state index in [1.54, 1.807) is 30.5 Å². The first-order chi connectivity index (χ1) is 18.3. The number of phenolic OH excluding ortho intramolecular Hbond substituents is 1. The molecule has 1 amide bonds. The molecule has 0 spiro atoms. The van der Waals surface area contributed by atoms with Crippen LogP contribution in [0.2, 0.25) is 0 Å². The number of hydrogen-bond donors (Lipinski definition) is 3. The molecule has 0 bridgehead atoms. The molecule has 194 valence electrons. The van der Waals surface area contributed by atoms with E-state index in [2.05, 4.69) is 21.7 Å². The molecular formula is C29H28FN5O2S. The highest BCUT2D eigenvalue weighted by atomic mass is 32.1. The third-order valence-corrected chi connectivity index (χ3v) is 7.19. The summed E-state index contributed by atoms with van der Waals surface area (Å²) in [4.78, 5) is 19.3. The van der Waals surface area contributed by atoms with Crippen LogP contribution in [0.4, 0.5) is 10.1 Å². The number of anilines is 1. The first-order valence-electron chi connectivity index (χ1n) is 12.3. The molecule has 1 aliphatic rings. The second kappa shape index (κ2) is 10.6. The molecule has 2 aromatic carbocycles. The minimum Gasteiger partial charge on any atom is -0.506 e. The number of para-hydroxylation sites is 3. The Morgan fingerprint density at radius 2 is 1.84 bits per heavy atom. The second-order valence-electron chi connectivity index (χ2n) is 9.25. The Morgan fingerprint density at radius 3 is 2.58 bits per heavy atom. The van der Waals surface area contributed by atoms with Crippen LogP contribution < -0.4 is 10.6 Å². The molecule has 0 aliphatic carbocycles. The van der Waals surface area contributed by atoms with E-state index in [1.807, 2.05) is 53.6 Å². The highest BCUT2D eigenvalue weighted by Crippen LogP contribution is 2.42. The third kappa shape index (κ3) is 4.84. The normalized spacial score (nSPS) is 16.9. The van der Waals surface area contributed by atoms with E-state index in [1.165, 1.54) is 12.1 Å². The van der Waals surface area contributed by atoms with Crippen molar-refractivity contribution in [2.75, 3.05) is 11.9 Å². The van der Waals surface area contributed by atoms with Gasteiger partial charge in [0.15, 0.2) is 5.11 Å². The monoisotopic (exact) mass is 529 g/mol. The highest BCUT2D eigenvalue weighted by molar-refractivity contribution is 7.80. The van der Waals surface area contributed by atoms with E-state index >= 15 is 0 Å². The molecule has 38 heavy (non-hydrogen) atoms. The highest BCUT2D eigenvalue weighted by Gasteiger charge is 2.41. The summed E-state index contributed by atoms with van der Waals surface area (Å²) in [7, 11) is 0. The zero-order chi connectivity index (χ0) is 26.8. The zero-order valence-electron chi connectivity index (χ0n) is 21.1. The molecule has 1 aliphatic heterocycles. The summed E-state index contributed by atoms with van der Waals surface area (Å²) in [5.74, 6) is -0.606. The number of carbonyl (C=O) groups excluding carboxylic acids is 1. The van der Waals surface area contributed by atoms with Crippen molar-refractivity contribution < 1.29 is 14.3 Å². The van der Waals surface area contributed by atoms with Crippen LogP contribution in [0.1, 0.15) is 41.1 Å². The van der Waals surface area contributed by atoms with Gasteiger partial charge >= 0.3 is 0 Å². The molecule has 0 radical (unpaired) electrons. The maximum Gasteiger partial charge on any atom is 0.226 e. The van der Waals surface area contributed by atoms with Crippen molar-refractivity contribution in [2.45, 2.75) is 32.4 Å². The van der Waals surface area contributed by atoms with Crippen LogP contribution in [0, 0.1) is 19.7 Å². The van der Waals surface area contributed by atoms with Crippen LogP contribution in [0.5, 0.6) is 5.75 Å². The quantitative estimate of drug-likeness (QED) is 0.281. The predicted molar refractivity (Wildman–Crippen MR) is 149 cm³/mol. The van der Waals surface area contributed by atoms with Crippen LogP contribution in [0.25, 0.3) is 5.69 Å². The Bertz CT molecular complexity index is 1490. The molecule has 0 saturated carbocycles. The van der Waals surface area contributed by atoms with Gasteiger partial charge in [0.25, 0.3) is 0 Å². The Morgan fingerprint density at radius 1 is 1.11 bits per heavy atom. The number of nitrogens with one attached hydrogen (secondary N) is 2. The van der Waals surface area contributed by atoms with Gasteiger partial charge < -0.3 is 25.2 Å². The number of rotatable bonds is 7. The third-order valence-electron chi connectivity index (χ3n) is 6.84. The molecule has 0 unspecified atom stereocenters. The first-order valence-corrected chi connectivity index (χ1v) is 12.8. The smallest absolute Gasteiger partial charge is 0.226 e. The minimum atomic E-state index is -0.482. The lowest BCUT2D eigenvalue weighted by atomic mass is 9.96. The maximum absolute atomic E-state index is 14.0. The SMILES string of the molecule is Cc1cc([C@H]2[C@H](c3ccccn3)NC(=S)N2CCC(=O)Nc2ccccc2F)c(C)n1-c1ccccc1O. The number of aromatic hydroxyl groups is 1. The van der Waals surface area contributed by atoms with Gasteiger partial charge in [-0.15, -0.1) is 0 Å². The van der Waals surface area contributed by atoms with E-state index in [0.29, 0.717) is 17.3 Å². The van der Waals surface area contributed by atoms with Gasteiger partial charge in [-0.25, -0.2) is 4.39 Å². The Hall–Kier alpha value is -4.24. The van der Waals surface area contributed by atoms with Gasteiger partial charge in [-0.05, 0) is 74.1 Å². The number of carbonyl (C=O) groups is 1. The summed E-state index contributed by atoms with van der Waals surface area (Å²) >= 11 is 5.74. The van der Waals surface area contributed by atoms with E-state index < -0.39 is 5.82 Å². The van der Waals surface area contributed by atoms with Gasteiger partial charge in [0, 0.05) is 30.6 Å². The van der Waals surface area contributed by atoms with Crippen molar-refractivity contribution >= 4 is 28.9 Å². The summed E-state index contributed by atoms with van der Waals surface area (Å²) in [6, 6.07) is 20.6. The molecule has 7 nitrogen and oxygen atoms in total. The lowest BCUT2D eigenvalue weighted by Crippen LogP contribution is -2.33. The Balaban J connectivity index is 1.48. The molecule has 9 heteroatoms. The van der Waals surface area contributed by atoms with E-state index in [-0.39, 0.29) is 35.8 Å². The number of pyridine rings is 1. The summed E-state index contributed by atoms with van der Waals surface area (Å²) in [6.45, 7) is 4.32. The van der Waals surface area contributed by atoms with Crippen molar-refractivity contribution in [1.82, 2.24) is 19.8 Å². The summed E-state index contributed by atoms with van der Waals surface area (Å²) in [5, 5.41) is 17.1. The van der Waals surface area contributed by atoms with Crippen LogP contribution in [-0.2, 0) is 4.79 Å². The van der Waals surface area contributed by atoms with Gasteiger partial charge in [-0.1, -0.05) is 30.3 Å². The van der Waals surface area contributed by atoms with Gasteiger partial charge in [-0.3, -0.25) is 9.78 Å². The molecule has 3 N–H and O–H groups in total. The topological polar surface area (TPSA) is 82.4 Å². The van der Waals surface area contributed by atoms with Crippen LogP contribution in [-0.4, -0.2) is 37.1 Å².